The molecule has 0 aliphatic heterocycles. The Morgan fingerprint density at radius 2 is 1.53 bits per heavy atom. The van der Waals surface area contributed by atoms with E-state index in [2.05, 4.69) is 34.2 Å². The second-order valence-electron chi connectivity index (χ2n) is 3.14. The van der Waals surface area contributed by atoms with E-state index in [1.165, 1.54) is 5.57 Å². The van der Waals surface area contributed by atoms with E-state index in [4.69, 9.17) is 0 Å². The van der Waals surface area contributed by atoms with Crippen LogP contribution < -0.4 is 0 Å². The maximum absolute atomic E-state index is 4.03. The molecule has 0 unspecified atom stereocenters. The number of hydrogen-bond donors (Lipinski definition) is 0. The average Bonchev–Trinajstić information content (AvgIpc) is 2.70. The molecule has 0 radical (unpaired) electrons. The maximum Gasteiger partial charge on any atom is 4.00 e. The maximum atomic E-state index is 4.03. The van der Waals surface area contributed by atoms with Crippen molar-refractivity contribution in [2.24, 2.45) is 0 Å². The first-order valence-corrected chi connectivity index (χ1v) is 5.12. The molecule has 17 heavy (non-hydrogen) atoms. The fourth-order valence-electron chi connectivity index (χ4n) is 0.932. The van der Waals surface area contributed by atoms with Gasteiger partial charge in [-0.05, 0) is 6.42 Å². The van der Waals surface area contributed by atoms with Gasteiger partial charge in [-0.1, -0.05) is 30.2 Å². The van der Waals surface area contributed by atoms with E-state index < -0.39 is 0 Å². The molecule has 0 heterocycles. The number of hydrogen-bond acceptors (Lipinski definition) is 0. The average molecular weight is 317 g/mol. The van der Waals surface area contributed by atoms with Crippen molar-refractivity contribution in [1.29, 1.82) is 0 Å². The van der Waals surface area contributed by atoms with Crippen molar-refractivity contribution in [2.75, 3.05) is 41.8 Å². The monoisotopic (exact) mass is 315 g/mol. The summed E-state index contributed by atoms with van der Waals surface area (Å²) in [5.74, 6) is 0. The van der Waals surface area contributed by atoms with E-state index >= 15 is 0 Å². The van der Waals surface area contributed by atoms with E-state index in [-0.39, 0.29) is 33.6 Å². The molecular weight excluding hydrogens is 289 g/mol. The molecule has 0 aromatic rings. The molecule has 0 aromatic heterocycles. The Bertz CT molecular complexity index is 166. The van der Waals surface area contributed by atoms with Gasteiger partial charge in [-0.2, -0.15) is 35.2 Å². The minimum absolute atomic E-state index is 0. The number of rotatable bonds is 3. The van der Waals surface area contributed by atoms with E-state index in [1.807, 2.05) is 7.05 Å². The van der Waals surface area contributed by atoms with Gasteiger partial charge in [0.15, 0.2) is 0 Å². The summed E-state index contributed by atoms with van der Waals surface area (Å²) in [5, 5.41) is 11.0. The molecule has 1 rings (SSSR count). The van der Waals surface area contributed by atoms with Gasteiger partial charge >= 0.3 is 26.2 Å². The van der Waals surface area contributed by atoms with Gasteiger partial charge in [-0.25, -0.2) is 0 Å². The van der Waals surface area contributed by atoms with Crippen molar-refractivity contribution < 1.29 is 26.2 Å². The number of allylic oxidation sites excluding steroid dienone is 3. The molecule has 1 aliphatic rings. The van der Waals surface area contributed by atoms with Crippen LogP contribution in [0.4, 0.5) is 0 Å². The summed E-state index contributed by atoms with van der Waals surface area (Å²) in [6.07, 6.45) is 8.78. The third-order valence-electron chi connectivity index (χ3n) is 1.50. The van der Waals surface area contributed by atoms with Crippen LogP contribution in [0.2, 0.25) is 0 Å². The Balaban J connectivity index is -0.0000000917. The quantitative estimate of drug-likeness (QED) is 0.708. The van der Waals surface area contributed by atoms with E-state index in [0.717, 1.165) is 19.4 Å². The first kappa shape index (κ1) is 25.9. The van der Waals surface area contributed by atoms with Gasteiger partial charge in [-0.3, -0.25) is 0 Å². The smallest absolute Gasteiger partial charge is 0.668 e. The van der Waals surface area contributed by atoms with Crippen molar-refractivity contribution in [3.8, 4) is 0 Å². The summed E-state index contributed by atoms with van der Waals surface area (Å²) in [6.45, 7) is 0.980. The van der Waals surface area contributed by atoms with Gasteiger partial charge in [-0.15, -0.1) is 6.54 Å². The Hall–Kier alpha value is 0.243. The minimum Gasteiger partial charge on any atom is -0.668 e. The summed E-state index contributed by atoms with van der Waals surface area (Å²) in [6, 6.07) is 0. The van der Waals surface area contributed by atoms with E-state index in [1.54, 1.807) is 28.2 Å². The fraction of sp³-hybridized carbons (Fsp3) is 0.615. The zero-order chi connectivity index (χ0) is 11.9. The molecule has 0 amide bonds. The van der Waals surface area contributed by atoms with Crippen LogP contribution in [0.5, 0.6) is 0 Å². The first-order chi connectivity index (χ1) is 7.26. The van der Waals surface area contributed by atoms with Crippen molar-refractivity contribution >= 4 is 0 Å². The van der Waals surface area contributed by atoms with Gasteiger partial charge in [0.25, 0.3) is 0 Å². The van der Waals surface area contributed by atoms with E-state index in [0.29, 0.717) is 0 Å². The molecule has 98 valence electrons. The molecule has 4 heteroatoms. The fourth-order valence-corrected chi connectivity index (χ4v) is 0.932. The third kappa shape index (κ3) is 26.1. The zero-order valence-corrected chi connectivity index (χ0v) is 14.7. The standard InChI is InChI=1S/C8H12N.2C2H6N.CH3.Zr/c1-9-7-6-8-4-2-3-5-8;2*1-3-2;;/h2-4H,5-7H2,1H3;2*1-2H3;1H3;/q4*-1;+4. The van der Waals surface area contributed by atoms with Crippen LogP contribution in [0.1, 0.15) is 12.8 Å². The first-order valence-electron chi connectivity index (χ1n) is 5.12. The van der Waals surface area contributed by atoms with Crippen molar-refractivity contribution in [3.63, 3.8) is 0 Å². The molecule has 0 saturated heterocycles. The minimum atomic E-state index is 0. The molecule has 3 nitrogen and oxygen atoms in total. The summed E-state index contributed by atoms with van der Waals surface area (Å²) in [5.41, 5.74) is 1.51. The third-order valence-corrected chi connectivity index (χ3v) is 1.50. The van der Waals surface area contributed by atoms with Gasteiger partial charge in [0.1, 0.15) is 0 Å². The molecule has 0 bridgehead atoms. The Labute approximate surface area is 128 Å². The Kier molecular flexibility index (Phi) is 38.4. The van der Waals surface area contributed by atoms with Crippen LogP contribution >= 0.6 is 0 Å². The molecule has 0 fully saturated rings. The van der Waals surface area contributed by atoms with Crippen LogP contribution in [0.15, 0.2) is 23.8 Å². The van der Waals surface area contributed by atoms with Gasteiger partial charge in [0.2, 0.25) is 0 Å². The second kappa shape index (κ2) is 25.2. The molecule has 0 N–H and O–H groups in total. The second-order valence-corrected chi connectivity index (χ2v) is 3.14. The summed E-state index contributed by atoms with van der Waals surface area (Å²) in [7, 11) is 8.86. The zero-order valence-electron chi connectivity index (χ0n) is 12.2. The molecule has 0 spiro atoms. The predicted molar refractivity (Wildman–Crippen MR) is 77.4 cm³/mol. The van der Waals surface area contributed by atoms with Crippen molar-refractivity contribution in [1.82, 2.24) is 0 Å². The SMILES string of the molecule is C[N-]C.C[N-]C.C[N-]CCC1=CC=CC1.[CH3-].[Zr+4]. The van der Waals surface area contributed by atoms with Crippen molar-refractivity contribution in [3.05, 3.63) is 47.2 Å². The molecule has 1 aliphatic carbocycles. The molecule has 0 atom stereocenters. The van der Waals surface area contributed by atoms with Gasteiger partial charge in [0, 0.05) is 0 Å². The largest absolute Gasteiger partial charge is 4.00 e. The normalized spacial score (nSPS) is 10.8. The predicted octanol–water partition coefficient (Wildman–Crippen LogP) is 3.95. The van der Waals surface area contributed by atoms with Gasteiger partial charge in [0.05, 0.1) is 0 Å². The van der Waals surface area contributed by atoms with E-state index in [9.17, 15) is 0 Å². The van der Waals surface area contributed by atoms with Crippen LogP contribution in [-0.4, -0.2) is 41.8 Å². The van der Waals surface area contributed by atoms with Crippen LogP contribution in [-0.2, 0) is 26.2 Å². The van der Waals surface area contributed by atoms with Crippen molar-refractivity contribution in [2.45, 2.75) is 12.8 Å². The Morgan fingerprint density at radius 1 is 1.06 bits per heavy atom. The Morgan fingerprint density at radius 3 is 1.82 bits per heavy atom. The summed E-state index contributed by atoms with van der Waals surface area (Å²) < 4.78 is 0. The number of nitrogens with zero attached hydrogens (tertiary/aromatic N) is 3. The van der Waals surface area contributed by atoms with Crippen LogP contribution in [0.25, 0.3) is 16.0 Å². The van der Waals surface area contributed by atoms with Crippen LogP contribution in [0, 0.1) is 7.43 Å². The molecule has 0 aromatic carbocycles. The van der Waals surface area contributed by atoms with Crippen LogP contribution in [0.3, 0.4) is 0 Å². The summed E-state index contributed by atoms with van der Waals surface area (Å²) >= 11 is 0. The molecular formula is C13H27N3Zr. The van der Waals surface area contributed by atoms with Gasteiger partial charge < -0.3 is 23.4 Å². The molecule has 0 saturated carbocycles. The topological polar surface area (TPSA) is 42.3 Å². The summed E-state index contributed by atoms with van der Waals surface area (Å²) in [4.78, 5) is 0.